The van der Waals surface area contributed by atoms with Crippen LogP contribution in [0.3, 0.4) is 0 Å². The second kappa shape index (κ2) is 7.08. The molecule has 0 aliphatic rings. The van der Waals surface area contributed by atoms with Gasteiger partial charge in [0.1, 0.15) is 12.1 Å². The summed E-state index contributed by atoms with van der Waals surface area (Å²) in [6.45, 7) is 4.83. The lowest BCUT2D eigenvalue weighted by Gasteiger charge is -2.15. The van der Waals surface area contributed by atoms with Gasteiger partial charge in [0.15, 0.2) is 0 Å². The number of anilines is 1. The van der Waals surface area contributed by atoms with Crippen LogP contribution >= 0.6 is 0 Å². The molecule has 2 heterocycles. The molecule has 2 aromatic heterocycles. The molecule has 1 aromatic carbocycles. The Bertz CT molecular complexity index is 893. The van der Waals surface area contributed by atoms with Gasteiger partial charge in [0, 0.05) is 17.5 Å². The maximum atomic E-state index is 12.5. The lowest BCUT2D eigenvalue weighted by molar-refractivity contribution is 0.326. The molecule has 7 heteroatoms. The van der Waals surface area contributed by atoms with Crippen molar-refractivity contribution in [2.24, 2.45) is 0 Å². The lowest BCUT2D eigenvalue weighted by atomic mass is 10.2. The summed E-state index contributed by atoms with van der Waals surface area (Å²) in [5, 5.41) is 8.99. The summed E-state index contributed by atoms with van der Waals surface area (Å²) >= 11 is 0. The van der Waals surface area contributed by atoms with Crippen molar-refractivity contribution in [1.82, 2.24) is 19.7 Å². The number of nitrogens with one attached hydrogen (secondary N) is 1. The largest absolute Gasteiger partial charge is 0.478 e. The quantitative estimate of drug-likeness (QED) is 0.747. The fourth-order valence-electron chi connectivity index (χ4n) is 2.46. The third-order valence-corrected chi connectivity index (χ3v) is 3.54. The molecule has 24 heavy (non-hydrogen) atoms. The SMILES string of the molecule is CCOc1cc(NC(C)Cn2ncc3ccccc3c2=O)ncn1. The Balaban J connectivity index is 1.75. The second-order valence-electron chi connectivity index (χ2n) is 5.44. The molecule has 1 N–H and O–H groups in total. The normalized spacial score (nSPS) is 12.1. The molecule has 0 amide bonds. The van der Waals surface area contributed by atoms with Gasteiger partial charge in [-0.05, 0) is 19.9 Å². The Kier molecular flexibility index (Phi) is 4.69. The van der Waals surface area contributed by atoms with Gasteiger partial charge in [-0.2, -0.15) is 5.10 Å². The van der Waals surface area contributed by atoms with Crippen LogP contribution in [-0.4, -0.2) is 32.4 Å². The first-order valence-corrected chi connectivity index (χ1v) is 7.83. The number of rotatable bonds is 6. The molecule has 0 spiro atoms. The predicted molar refractivity (Wildman–Crippen MR) is 92.3 cm³/mol. The van der Waals surface area contributed by atoms with Crippen LogP contribution in [0.25, 0.3) is 10.8 Å². The Hall–Kier alpha value is -2.96. The number of benzene rings is 1. The van der Waals surface area contributed by atoms with E-state index in [4.69, 9.17) is 4.74 Å². The van der Waals surface area contributed by atoms with Crippen LogP contribution in [0.15, 0.2) is 47.7 Å². The van der Waals surface area contributed by atoms with E-state index in [9.17, 15) is 4.79 Å². The predicted octanol–water partition coefficient (Wildman–Crippen LogP) is 2.09. The summed E-state index contributed by atoms with van der Waals surface area (Å²) in [5.41, 5.74) is -0.0977. The van der Waals surface area contributed by atoms with E-state index in [1.54, 1.807) is 12.3 Å². The second-order valence-corrected chi connectivity index (χ2v) is 5.44. The van der Waals surface area contributed by atoms with E-state index in [1.807, 2.05) is 38.1 Å². The van der Waals surface area contributed by atoms with Gasteiger partial charge >= 0.3 is 0 Å². The highest BCUT2D eigenvalue weighted by atomic mass is 16.5. The first-order valence-electron chi connectivity index (χ1n) is 7.83. The third-order valence-electron chi connectivity index (χ3n) is 3.54. The van der Waals surface area contributed by atoms with E-state index in [2.05, 4.69) is 20.4 Å². The molecule has 1 unspecified atom stereocenters. The van der Waals surface area contributed by atoms with Crippen LogP contribution in [-0.2, 0) is 6.54 Å². The van der Waals surface area contributed by atoms with Crippen molar-refractivity contribution < 1.29 is 4.74 Å². The zero-order chi connectivity index (χ0) is 16.9. The molecule has 124 valence electrons. The highest BCUT2D eigenvalue weighted by molar-refractivity contribution is 5.80. The first-order chi connectivity index (χ1) is 11.7. The van der Waals surface area contributed by atoms with Gasteiger partial charge in [-0.3, -0.25) is 4.79 Å². The highest BCUT2D eigenvalue weighted by Gasteiger charge is 2.09. The molecular formula is C17H19N5O2. The van der Waals surface area contributed by atoms with Crippen molar-refractivity contribution in [3.8, 4) is 5.88 Å². The molecular weight excluding hydrogens is 306 g/mol. The number of hydrogen-bond donors (Lipinski definition) is 1. The molecule has 7 nitrogen and oxygen atoms in total. The van der Waals surface area contributed by atoms with Gasteiger partial charge < -0.3 is 10.1 Å². The number of fused-ring (bicyclic) bond motifs is 1. The van der Waals surface area contributed by atoms with Gasteiger partial charge in [-0.15, -0.1) is 0 Å². The standard InChI is InChI=1S/C17H19N5O2/c1-3-24-16-8-15(18-11-19-16)21-12(2)10-22-17(23)14-7-5-4-6-13(14)9-20-22/h4-9,11-12H,3,10H2,1-2H3,(H,18,19,21). The Morgan fingerprint density at radius 3 is 2.96 bits per heavy atom. The van der Waals surface area contributed by atoms with Crippen molar-refractivity contribution >= 4 is 16.6 Å². The molecule has 0 saturated heterocycles. The molecule has 3 aromatic rings. The van der Waals surface area contributed by atoms with Crippen LogP contribution in [0, 0.1) is 0 Å². The van der Waals surface area contributed by atoms with E-state index in [0.717, 1.165) is 5.39 Å². The van der Waals surface area contributed by atoms with E-state index < -0.39 is 0 Å². The van der Waals surface area contributed by atoms with E-state index in [1.165, 1.54) is 11.0 Å². The van der Waals surface area contributed by atoms with Gasteiger partial charge in [-0.1, -0.05) is 18.2 Å². The third kappa shape index (κ3) is 3.51. The number of ether oxygens (including phenoxy) is 1. The fourth-order valence-corrected chi connectivity index (χ4v) is 2.46. The number of aromatic nitrogens is 4. The van der Waals surface area contributed by atoms with Crippen LogP contribution in [0.5, 0.6) is 5.88 Å². The van der Waals surface area contributed by atoms with Crippen molar-refractivity contribution in [3.63, 3.8) is 0 Å². The molecule has 3 rings (SSSR count). The van der Waals surface area contributed by atoms with Crippen molar-refractivity contribution in [3.05, 3.63) is 53.2 Å². The summed E-state index contributed by atoms with van der Waals surface area (Å²) in [5.74, 6) is 1.16. The van der Waals surface area contributed by atoms with Crippen molar-refractivity contribution in [2.45, 2.75) is 26.4 Å². The minimum atomic E-state index is -0.0977. The van der Waals surface area contributed by atoms with Crippen molar-refractivity contribution in [1.29, 1.82) is 0 Å². The Morgan fingerprint density at radius 1 is 1.29 bits per heavy atom. The summed E-state index contributed by atoms with van der Waals surface area (Å²) in [7, 11) is 0. The zero-order valence-corrected chi connectivity index (χ0v) is 13.6. The van der Waals surface area contributed by atoms with E-state index in [0.29, 0.717) is 30.2 Å². The molecule has 0 radical (unpaired) electrons. The van der Waals surface area contributed by atoms with E-state index >= 15 is 0 Å². The minimum absolute atomic E-state index is 0.0410. The highest BCUT2D eigenvalue weighted by Crippen LogP contribution is 2.12. The van der Waals surface area contributed by atoms with Crippen molar-refractivity contribution in [2.75, 3.05) is 11.9 Å². The molecule has 0 aliphatic carbocycles. The van der Waals surface area contributed by atoms with E-state index in [-0.39, 0.29) is 11.6 Å². The smallest absolute Gasteiger partial charge is 0.274 e. The minimum Gasteiger partial charge on any atom is -0.478 e. The van der Waals surface area contributed by atoms with Crippen LogP contribution in [0.4, 0.5) is 5.82 Å². The summed E-state index contributed by atoms with van der Waals surface area (Å²) < 4.78 is 6.82. The topological polar surface area (TPSA) is 81.9 Å². The molecule has 0 fully saturated rings. The summed E-state index contributed by atoms with van der Waals surface area (Å²) in [4.78, 5) is 20.7. The monoisotopic (exact) mass is 325 g/mol. The number of nitrogens with zero attached hydrogens (tertiary/aromatic N) is 4. The summed E-state index contributed by atoms with van der Waals surface area (Å²) in [6.07, 6.45) is 3.15. The zero-order valence-electron chi connectivity index (χ0n) is 13.6. The average Bonchev–Trinajstić information content (AvgIpc) is 2.58. The molecule has 0 saturated carbocycles. The van der Waals surface area contributed by atoms with Gasteiger partial charge in [0.05, 0.1) is 24.7 Å². The Morgan fingerprint density at radius 2 is 2.12 bits per heavy atom. The van der Waals surface area contributed by atoms with Crippen LogP contribution in [0.2, 0.25) is 0 Å². The van der Waals surface area contributed by atoms with Gasteiger partial charge in [0.2, 0.25) is 5.88 Å². The van der Waals surface area contributed by atoms with Crippen LogP contribution < -0.4 is 15.6 Å². The summed E-state index contributed by atoms with van der Waals surface area (Å²) in [6, 6.07) is 9.13. The fraction of sp³-hybridized carbons (Fsp3) is 0.294. The molecule has 0 bridgehead atoms. The lowest BCUT2D eigenvalue weighted by Crippen LogP contribution is -2.31. The first kappa shape index (κ1) is 15.9. The van der Waals surface area contributed by atoms with Gasteiger partial charge in [0.25, 0.3) is 5.56 Å². The Labute approximate surface area is 139 Å². The molecule has 0 aliphatic heterocycles. The maximum absolute atomic E-state index is 12.5. The maximum Gasteiger partial charge on any atom is 0.274 e. The van der Waals surface area contributed by atoms with Crippen LogP contribution in [0.1, 0.15) is 13.8 Å². The average molecular weight is 325 g/mol. The van der Waals surface area contributed by atoms with Gasteiger partial charge in [-0.25, -0.2) is 14.6 Å². The molecule has 1 atom stereocenters. The number of hydrogen-bond acceptors (Lipinski definition) is 6.